The molecule has 0 fully saturated rings. The van der Waals surface area contributed by atoms with Crippen molar-refractivity contribution < 1.29 is 9.59 Å². The van der Waals surface area contributed by atoms with Gasteiger partial charge in [-0.05, 0) is 12.1 Å². The first-order valence-electron chi connectivity index (χ1n) is 4.56. The van der Waals surface area contributed by atoms with Gasteiger partial charge in [-0.25, -0.2) is 5.84 Å². The van der Waals surface area contributed by atoms with E-state index in [1.54, 1.807) is 24.3 Å². The lowest BCUT2D eigenvalue weighted by molar-refractivity contribution is -0.121. The van der Waals surface area contributed by atoms with Crippen molar-refractivity contribution in [3.05, 3.63) is 35.9 Å². The molecule has 0 aliphatic rings. The summed E-state index contributed by atoms with van der Waals surface area (Å²) in [4.78, 5) is 22.2. The fraction of sp³-hybridized carbons (Fsp3) is 0.200. The van der Waals surface area contributed by atoms with Gasteiger partial charge >= 0.3 is 0 Å². The number of rotatable bonds is 4. The van der Waals surface area contributed by atoms with E-state index in [9.17, 15) is 9.59 Å². The lowest BCUT2D eigenvalue weighted by Gasteiger charge is -2.03. The molecule has 0 aromatic heterocycles. The molecule has 0 aliphatic heterocycles. The van der Waals surface area contributed by atoms with Crippen LogP contribution in [0.1, 0.15) is 16.8 Å². The van der Waals surface area contributed by atoms with Crippen molar-refractivity contribution in [2.75, 3.05) is 6.54 Å². The summed E-state index contributed by atoms with van der Waals surface area (Å²) in [7, 11) is 0. The number of hydrogen-bond donors (Lipinski definition) is 3. The summed E-state index contributed by atoms with van der Waals surface area (Å²) in [6.45, 7) is 0.275. The predicted molar refractivity (Wildman–Crippen MR) is 55.7 cm³/mol. The number of benzene rings is 1. The van der Waals surface area contributed by atoms with Crippen LogP contribution in [-0.4, -0.2) is 18.4 Å². The Bertz CT molecular complexity index is 338. The van der Waals surface area contributed by atoms with E-state index in [1.165, 1.54) is 0 Å². The second-order valence-electron chi connectivity index (χ2n) is 2.94. The van der Waals surface area contributed by atoms with Crippen molar-refractivity contribution in [1.29, 1.82) is 0 Å². The zero-order valence-electron chi connectivity index (χ0n) is 8.19. The fourth-order valence-electron chi connectivity index (χ4n) is 1.05. The van der Waals surface area contributed by atoms with Gasteiger partial charge in [-0.2, -0.15) is 0 Å². The second-order valence-corrected chi connectivity index (χ2v) is 2.94. The molecular weight excluding hydrogens is 194 g/mol. The summed E-state index contributed by atoms with van der Waals surface area (Å²) in [5.41, 5.74) is 2.56. The molecule has 0 unspecified atom stereocenters. The highest BCUT2D eigenvalue weighted by Crippen LogP contribution is 1.97. The molecular formula is C10H13N3O2. The summed E-state index contributed by atoms with van der Waals surface area (Å²) in [5.74, 6) is 4.39. The third-order valence-electron chi connectivity index (χ3n) is 1.83. The molecule has 15 heavy (non-hydrogen) atoms. The average molecular weight is 207 g/mol. The number of carbonyl (C=O) groups excluding carboxylic acids is 2. The quantitative estimate of drug-likeness (QED) is 0.363. The Balaban J connectivity index is 2.34. The Hall–Kier alpha value is -1.88. The molecule has 1 aromatic carbocycles. The minimum absolute atomic E-state index is 0.176. The zero-order chi connectivity index (χ0) is 11.1. The summed E-state index contributed by atoms with van der Waals surface area (Å²) in [6.07, 6.45) is 0.176. The van der Waals surface area contributed by atoms with E-state index in [1.807, 2.05) is 11.5 Å². The van der Waals surface area contributed by atoms with Crippen LogP contribution in [0.15, 0.2) is 30.3 Å². The molecule has 0 saturated carbocycles. The van der Waals surface area contributed by atoms with Crippen molar-refractivity contribution >= 4 is 11.8 Å². The number of amides is 2. The van der Waals surface area contributed by atoms with E-state index in [2.05, 4.69) is 5.32 Å². The van der Waals surface area contributed by atoms with Crippen molar-refractivity contribution in [1.82, 2.24) is 10.7 Å². The zero-order valence-corrected chi connectivity index (χ0v) is 8.19. The van der Waals surface area contributed by atoms with Gasteiger partial charge in [0.2, 0.25) is 5.91 Å². The third-order valence-corrected chi connectivity index (χ3v) is 1.83. The van der Waals surface area contributed by atoms with Gasteiger partial charge in [0, 0.05) is 18.5 Å². The van der Waals surface area contributed by atoms with E-state index >= 15 is 0 Å². The van der Waals surface area contributed by atoms with E-state index in [-0.39, 0.29) is 24.8 Å². The Morgan fingerprint density at radius 3 is 2.47 bits per heavy atom. The van der Waals surface area contributed by atoms with Gasteiger partial charge in [0.25, 0.3) is 5.91 Å². The number of hydrogen-bond acceptors (Lipinski definition) is 3. The monoisotopic (exact) mass is 207 g/mol. The first-order chi connectivity index (χ1) is 7.24. The molecule has 1 aromatic rings. The predicted octanol–water partition coefficient (Wildman–Crippen LogP) is -0.204. The summed E-state index contributed by atoms with van der Waals surface area (Å²) in [6, 6.07) is 8.80. The molecule has 0 radical (unpaired) electrons. The van der Waals surface area contributed by atoms with Crippen LogP contribution in [-0.2, 0) is 4.79 Å². The van der Waals surface area contributed by atoms with Gasteiger partial charge in [-0.15, -0.1) is 0 Å². The highest BCUT2D eigenvalue weighted by Gasteiger charge is 2.04. The molecule has 0 saturated heterocycles. The minimum atomic E-state index is -0.302. The Kier molecular flexibility index (Phi) is 4.30. The summed E-state index contributed by atoms with van der Waals surface area (Å²) < 4.78 is 0. The highest BCUT2D eigenvalue weighted by atomic mass is 16.2. The fourth-order valence-corrected chi connectivity index (χ4v) is 1.05. The smallest absolute Gasteiger partial charge is 0.251 e. The van der Waals surface area contributed by atoms with Gasteiger partial charge in [0.05, 0.1) is 0 Å². The molecule has 80 valence electrons. The van der Waals surface area contributed by atoms with Crippen LogP contribution in [0.4, 0.5) is 0 Å². The Morgan fingerprint density at radius 2 is 1.87 bits per heavy atom. The van der Waals surface area contributed by atoms with Gasteiger partial charge < -0.3 is 5.32 Å². The van der Waals surface area contributed by atoms with Crippen molar-refractivity contribution in [3.8, 4) is 0 Å². The number of carbonyl (C=O) groups is 2. The van der Waals surface area contributed by atoms with Crippen LogP contribution in [0.2, 0.25) is 0 Å². The second kappa shape index (κ2) is 5.77. The maximum Gasteiger partial charge on any atom is 0.251 e. The molecule has 0 heterocycles. The van der Waals surface area contributed by atoms with Gasteiger partial charge in [-0.3, -0.25) is 15.0 Å². The lowest BCUT2D eigenvalue weighted by Crippen LogP contribution is -2.34. The highest BCUT2D eigenvalue weighted by molar-refractivity contribution is 5.94. The first-order valence-corrected chi connectivity index (χ1v) is 4.56. The topological polar surface area (TPSA) is 84.2 Å². The van der Waals surface area contributed by atoms with Crippen LogP contribution in [0.3, 0.4) is 0 Å². The molecule has 5 heteroatoms. The lowest BCUT2D eigenvalue weighted by atomic mass is 10.2. The van der Waals surface area contributed by atoms with Crippen LogP contribution >= 0.6 is 0 Å². The van der Waals surface area contributed by atoms with Gasteiger partial charge in [0.15, 0.2) is 0 Å². The Labute approximate surface area is 87.6 Å². The molecule has 0 atom stereocenters. The molecule has 4 N–H and O–H groups in total. The first kappa shape index (κ1) is 11.2. The van der Waals surface area contributed by atoms with Crippen molar-refractivity contribution in [3.63, 3.8) is 0 Å². The van der Waals surface area contributed by atoms with Crippen molar-refractivity contribution in [2.45, 2.75) is 6.42 Å². The Morgan fingerprint density at radius 1 is 1.20 bits per heavy atom. The van der Waals surface area contributed by atoms with Crippen LogP contribution in [0.25, 0.3) is 0 Å². The molecule has 1 rings (SSSR count). The summed E-state index contributed by atoms with van der Waals surface area (Å²) in [5, 5.41) is 2.61. The normalized spacial score (nSPS) is 9.40. The van der Waals surface area contributed by atoms with E-state index in [4.69, 9.17) is 5.84 Å². The van der Waals surface area contributed by atoms with Gasteiger partial charge in [-0.1, -0.05) is 18.2 Å². The number of nitrogens with two attached hydrogens (primary N) is 1. The SMILES string of the molecule is NNC(=O)CCNC(=O)c1ccccc1. The van der Waals surface area contributed by atoms with E-state index in [0.717, 1.165) is 0 Å². The molecule has 0 aliphatic carbocycles. The summed E-state index contributed by atoms with van der Waals surface area (Å²) >= 11 is 0. The van der Waals surface area contributed by atoms with Gasteiger partial charge in [0.1, 0.15) is 0 Å². The van der Waals surface area contributed by atoms with Crippen LogP contribution in [0, 0.1) is 0 Å². The number of nitrogens with one attached hydrogen (secondary N) is 2. The van der Waals surface area contributed by atoms with E-state index < -0.39 is 0 Å². The maximum absolute atomic E-state index is 11.4. The van der Waals surface area contributed by atoms with Crippen LogP contribution in [0.5, 0.6) is 0 Å². The van der Waals surface area contributed by atoms with Crippen molar-refractivity contribution in [2.24, 2.45) is 5.84 Å². The standard InChI is InChI=1S/C10H13N3O2/c11-13-9(14)6-7-12-10(15)8-4-2-1-3-5-8/h1-5H,6-7,11H2,(H,12,15)(H,13,14). The maximum atomic E-state index is 11.4. The van der Waals surface area contributed by atoms with Crippen LogP contribution < -0.4 is 16.6 Å². The molecule has 5 nitrogen and oxygen atoms in total. The molecule has 0 spiro atoms. The van der Waals surface area contributed by atoms with E-state index in [0.29, 0.717) is 5.56 Å². The average Bonchev–Trinajstić information content (AvgIpc) is 2.29. The molecule has 2 amide bonds. The minimum Gasteiger partial charge on any atom is -0.352 e. The molecule has 0 bridgehead atoms. The largest absolute Gasteiger partial charge is 0.352 e. The third kappa shape index (κ3) is 3.78. The number of hydrazine groups is 1.